The molecule has 0 radical (unpaired) electrons. The van der Waals surface area contributed by atoms with Crippen LogP contribution in [0.1, 0.15) is 20.3 Å². The van der Waals surface area contributed by atoms with Crippen LogP contribution in [0.15, 0.2) is 0 Å². The fourth-order valence-electron chi connectivity index (χ4n) is 0.975. The molecular weight excluding hydrogens is 144 g/mol. The van der Waals surface area contributed by atoms with Crippen molar-refractivity contribution in [3.63, 3.8) is 0 Å². The van der Waals surface area contributed by atoms with Crippen molar-refractivity contribution in [3.05, 3.63) is 0 Å². The number of hydrogen-bond donors (Lipinski definition) is 0. The fraction of sp³-hybridized carbons (Fsp3) is 1.00. The van der Waals surface area contributed by atoms with E-state index >= 15 is 0 Å². The zero-order chi connectivity index (χ0) is 8.10. The normalized spacial score (nSPS) is 22.6. The second-order valence-electron chi connectivity index (χ2n) is 2.53. The Morgan fingerprint density at radius 1 is 1.36 bits per heavy atom. The topological polar surface area (TPSA) is 31.0 Å². The molecule has 1 rings (SSSR count). The van der Waals surface area contributed by atoms with Gasteiger partial charge in [-0.05, 0) is 13.8 Å². The average molecular weight is 160 g/mol. The summed E-state index contributed by atoms with van der Waals surface area (Å²) in [5.74, 6) is 0. The highest BCUT2D eigenvalue weighted by Gasteiger charge is 2.27. The van der Waals surface area contributed by atoms with Crippen LogP contribution < -0.4 is 0 Å². The summed E-state index contributed by atoms with van der Waals surface area (Å²) in [6.07, 6.45) is 1.21. The van der Waals surface area contributed by atoms with E-state index in [0.29, 0.717) is 19.3 Å². The van der Waals surface area contributed by atoms with Crippen LogP contribution in [-0.4, -0.2) is 32.2 Å². The second-order valence-corrected chi connectivity index (χ2v) is 2.53. The van der Waals surface area contributed by atoms with Gasteiger partial charge in [0.2, 0.25) is 0 Å². The minimum absolute atomic E-state index is 0.0579. The van der Waals surface area contributed by atoms with Crippen molar-refractivity contribution in [1.29, 1.82) is 0 Å². The van der Waals surface area contributed by atoms with Gasteiger partial charge in [0.25, 0.3) is 0 Å². The van der Waals surface area contributed by atoms with Crippen LogP contribution in [0.5, 0.6) is 0 Å². The minimum Gasteiger partial charge on any atom is -0.373 e. The van der Waals surface area contributed by atoms with E-state index in [1.165, 1.54) is 0 Å². The molecule has 0 N–H and O–H groups in total. The van der Waals surface area contributed by atoms with Crippen LogP contribution in [0.25, 0.3) is 0 Å². The zero-order valence-electron chi connectivity index (χ0n) is 7.21. The molecule has 0 aromatic rings. The predicted molar refractivity (Wildman–Crippen MR) is 41.4 cm³/mol. The third-order valence-electron chi connectivity index (χ3n) is 1.56. The first-order chi connectivity index (χ1) is 5.36. The lowest BCUT2D eigenvalue weighted by atomic mass is 10.3. The number of hydrogen-bond acceptors (Lipinski definition) is 3. The van der Waals surface area contributed by atoms with Gasteiger partial charge >= 0.3 is 0 Å². The Hall–Kier alpha value is -0.120. The lowest BCUT2D eigenvalue weighted by Gasteiger charge is -2.14. The summed E-state index contributed by atoms with van der Waals surface area (Å²) in [5.41, 5.74) is 0. The Bertz CT molecular complexity index is 95.5. The fourth-order valence-corrected chi connectivity index (χ4v) is 0.975. The molecule has 0 aliphatic carbocycles. The summed E-state index contributed by atoms with van der Waals surface area (Å²) in [5, 5.41) is 0. The molecule has 0 amide bonds. The number of ether oxygens (including phenoxy) is 3. The van der Waals surface area contributed by atoms with Gasteiger partial charge in [0, 0.05) is 19.6 Å². The first-order valence-corrected chi connectivity index (χ1v) is 4.21. The van der Waals surface area contributed by atoms with Crippen molar-refractivity contribution in [2.75, 3.05) is 19.8 Å². The van der Waals surface area contributed by atoms with E-state index in [1.54, 1.807) is 0 Å². The first kappa shape index (κ1) is 8.97. The average Bonchev–Trinajstić information content (AvgIpc) is 2.73. The summed E-state index contributed by atoms with van der Waals surface area (Å²) >= 11 is 0. The van der Waals surface area contributed by atoms with E-state index in [0.717, 1.165) is 13.0 Å². The van der Waals surface area contributed by atoms with Crippen molar-refractivity contribution < 1.29 is 14.2 Å². The summed E-state index contributed by atoms with van der Waals surface area (Å²) < 4.78 is 15.7. The van der Waals surface area contributed by atoms with Crippen LogP contribution in [0.4, 0.5) is 0 Å². The van der Waals surface area contributed by atoms with Crippen molar-refractivity contribution >= 4 is 0 Å². The predicted octanol–water partition coefficient (Wildman–Crippen LogP) is 1.17. The highest BCUT2D eigenvalue weighted by atomic mass is 16.7. The summed E-state index contributed by atoms with van der Waals surface area (Å²) in [7, 11) is 0. The second kappa shape index (κ2) is 4.70. The molecule has 0 saturated carbocycles. The Morgan fingerprint density at radius 3 is 2.27 bits per heavy atom. The van der Waals surface area contributed by atoms with Gasteiger partial charge in [-0.15, -0.1) is 0 Å². The van der Waals surface area contributed by atoms with Crippen LogP contribution in [0.2, 0.25) is 0 Å². The van der Waals surface area contributed by atoms with Gasteiger partial charge in [0.15, 0.2) is 6.29 Å². The molecule has 3 heteroatoms. The molecule has 0 bridgehead atoms. The largest absolute Gasteiger partial charge is 0.373 e. The Kier molecular flexibility index (Phi) is 3.83. The summed E-state index contributed by atoms with van der Waals surface area (Å²) in [6.45, 7) is 6.23. The SMILES string of the molecule is CCOC(C[C@H]1CO1)OCC. The van der Waals surface area contributed by atoms with E-state index in [4.69, 9.17) is 14.2 Å². The lowest BCUT2D eigenvalue weighted by Crippen LogP contribution is -2.19. The Labute approximate surface area is 67.6 Å². The van der Waals surface area contributed by atoms with Crippen LogP contribution >= 0.6 is 0 Å². The molecule has 0 spiro atoms. The van der Waals surface area contributed by atoms with E-state index < -0.39 is 0 Å². The third-order valence-corrected chi connectivity index (χ3v) is 1.56. The highest BCUT2D eigenvalue weighted by molar-refractivity contribution is 4.70. The van der Waals surface area contributed by atoms with Gasteiger partial charge in [-0.2, -0.15) is 0 Å². The van der Waals surface area contributed by atoms with Crippen LogP contribution in [0, 0.1) is 0 Å². The molecule has 1 aliphatic rings. The van der Waals surface area contributed by atoms with Gasteiger partial charge in [-0.3, -0.25) is 0 Å². The highest BCUT2D eigenvalue weighted by Crippen LogP contribution is 2.17. The quantitative estimate of drug-likeness (QED) is 0.432. The molecule has 66 valence electrons. The summed E-state index contributed by atoms with van der Waals surface area (Å²) in [6, 6.07) is 0. The van der Waals surface area contributed by atoms with E-state index in [9.17, 15) is 0 Å². The zero-order valence-corrected chi connectivity index (χ0v) is 7.21. The molecule has 1 heterocycles. The maximum absolute atomic E-state index is 5.33. The molecule has 1 saturated heterocycles. The molecule has 11 heavy (non-hydrogen) atoms. The molecule has 0 aromatic heterocycles. The summed E-state index contributed by atoms with van der Waals surface area (Å²) in [4.78, 5) is 0. The maximum Gasteiger partial charge on any atom is 0.160 e. The van der Waals surface area contributed by atoms with Crippen LogP contribution in [-0.2, 0) is 14.2 Å². The van der Waals surface area contributed by atoms with E-state index in [-0.39, 0.29) is 6.29 Å². The van der Waals surface area contributed by atoms with Crippen LogP contribution in [0.3, 0.4) is 0 Å². The first-order valence-electron chi connectivity index (χ1n) is 4.21. The van der Waals surface area contributed by atoms with Gasteiger partial charge in [0.05, 0.1) is 12.7 Å². The third kappa shape index (κ3) is 3.70. The monoisotopic (exact) mass is 160 g/mol. The Balaban J connectivity index is 2.08. The maximum atomic E-state index is 5.33. The smallest absolute Gasteiger partial charge is 0.160 e. The van der Waals surface area contributed by atoms with Crippen molar-refractivity contribution in [1.82, 2.24) is 0 Å². The van der Waals surface area contributed by atoms with Gasteiger partial charge in [-0.25, -0.2) is 0 Å². The van der Waals surface area contributed by atoms with Gasteiger partial charge in [-0.1, -0.05) is 0 Å². The molecular formula is C8H16O3. The number of rotatable bonds is 6. The molecule has 1 aliphatic heterocycles. The van der Waals surface area contributed by atoms with E-state index in [1.807, 2.05) is 13.8 Å². The van der Waals surface area contributed by atoms with Crippen molar-refractivity contribution in [2.45, 2.75) is 32.7 Å². The van der Waals surface area contributed by atoms with Crippen molar-refractivity contribution in [2.24, 2.45) is 0 Å². The van der Waals surface area contributed by atoms with Gasteiger partial charge in [0.1, 0.15) is 0 Å². The number of epoxide rings is 1. The van der Waals surface area contributed by atoms with Gasteiger partial charge < -0.3 is 14.2 Å². The molecule has 1 atom stereocenters. The molecule has 0 unspecified atom stereocenters. The van der Waals surface area contributed by atoms with Crippen molar-refractivity contribution in [3.8, 4) is 0 Å². The standard InChI is InChI=1S/C8H16O3/c1-3-9-8(10-4-2)5-7-6-11-7/h7-8H,3-6H2,1-2H3/t7-/m0/s1. The Morgan fingerprint density at radius 2 is 1.91 bits per heavy atom. The molecule has 3 nitrogen and oxygen atoms in total. The molecule has 0 aromatic carbocycles. The molecule has 1 fully saturated rings. The lowest BCUT2D eigenvalue weighted by molar-refractivity contribution is -0.141. The van der Waals surface area contributed by atoms with E-state index in [2.05, 4.69) is 0 Å². The minimum atomic E-state index is -0.0579.